The summed E-state index contributed by atoms with van der Waals surface area (Å²) in [5.74, 6) is 0. The van der Waals surface area contributed by atoms with Crippen LogP contribution in [0, 0.1) is 0 Å². The van der Waals surface area contributed by atoms with E-state index in [9.17, 15) is 18.0 Å². The Morgan fingerprint density at radius 3 is 2.36 bits per heavy atom. The van der Waals surface area contributed by atoms with Crippen LogP contribution in [0.1, 0.15) is 15.9 Å². The number of carbonyl (C=O) groups is 1. The van der Waals surface area contributed by atoms with Crippen molar-refractivity contribution in [1.82, 2.24) is 0 Å². The Bertz CT molecular complexity index is 376. The van der Waals surface area contributed by atoms with Crippen LogP contribution in [0.4, 0.5) is 18.9 Å². The van der Waals surface area contributed by atoms with Crippen LogP contribution in [-0.2, 0) is 6.18 Å². The highest BCUT2D eigenvalue weighted by atomic mass is 79.9. The van der Waals surface area contributed by atoms with Crippen molar-refractivity contribution < 1.29 is 18.0 Å². The molecule has 0 heterocycles. The third-order valence-electron chi connectivity index (χ3n) is 1.61. The number of alkyl halides is 3. The minimum Gasteiger partial charge on any atom is -0.398 e. The Kier molecular flexibility index (Phi) is 2.84. The monoisotopic (exact) mass is 267 g/mol. The molecular weight excluding hydrogens is 263 g/mol. The SMILES string of the molecule is Nc1cc(Br)c(C(F)(F)F)cc1C=O. The van der Waals surface area contributed by atoms with Gasteiger partial charge in [-0.2, -0.15) is 13.2 Å². The summed E-state index contributed by atoms with van der Waals surface area (Å²) < 4.78 is 36.8. The van der Waals surface area contributed by atoms with Crippen LogP contribution in [-0.4, -0.2) is 6.29 Å². The van der Waals surface area contributed by atoms with Gasteiger partial charge in [0.1, 0.15) is 0 Å². The molecule has 0 aliphatic carbocycles. The molecule has 0 aliphatic rings. The number of benzene rings is 1. The smallest absolute Gasteiger partial charge is 0.398 e. The van der Waals surface area contributed by atoms with Gasteiger partial charge in [0, 0.05) is 15.7 Å². The molecule has 76 valence electrons. The van der Waals surface area contributed by atoms with Crippen molar-refractivity contribution in [3.05, 3.63) is 27.7 Å². The molecule has 0 spiro atoms. The maximum atomic E-state index is 12.3. The quantitative estimate of drug-likeness (QED) is 0.628. The average Bonchev–Trinajstić information content (AvgIpc) is 2.02. The van der Waals surface area contributed by atoms with Gasteiger partial charge in [0.15, 0.2) is 6.29 Å². The summed E-state index contributed by atoms with van der Waals surface area (Å²) in [5.41, 5.74) is 4.25. The van der Waals surface area contributed by atoms with E-state index in [0.717, 1.165) is 6.07 Å². The fourth-order valence-corrected chi connectivity index (χ4v) is 1.51. The molecule has 0 saturated heterocycles. The molecule has 1 aromatic rings. The van der Waals surface area contributed by atoms with Crippen LogP contribution in [0.3, 0.4) is 0 Å². The Morgan fingerprint density at radius 1 is 1.36 bits per heavy atom. The maximum Gasteiger partial charge on any atom is 0.417 e. The van der Waals surface area contributed by atoms with Crippen molar-refractivity contribution in [3.63, 3.8) is 0 Å². The topological polar surface area (TPSA) is 43.1 Å². The van der Waals surface area contributed by atoms with E-state index in [-0.39, 0.29) is 22.0 Å². The van der Waals surface area contributed by atoms with E-state index in [2.05, 4.69) is 15.9 Å². The van der Waals surface area contributed by atoms with Crippen LogP contribution in [0.2, 0.25) is 0 Å². The second-order valence-electron chi connectivity index (χ2n) is 2.58. The zero-order valence-corrected chi connectivity index (χ0v) is 8.32. The minimum atomic E-state index is -4.50. The van der Waals surface area contributed by atoms with Gasteiger partial charge in [-0.05, 0) is 12.1 Å². The number of anilines is 1. The van der Waals surface area contributed by atoms with Gasteiger partial charge in [-0.3, -0.25) is 4.79 Å². The number of nitrogen functional groups attached to an aromatic ring is 1. The van der Waals surface area contributed by atoms with Crippen LogP contribution in [0.5, 0.6) is 0 Å². The summed E-state index contributed by atoms with van der Waals surface area (Å²) in [6.45, 7) is 0. The Balaban J connectivity index is 3.39. The molecule has 0 atom stereocenters. The van der Waals surface area contributed by atoms with Crippen molar-refractivity contribution in [3.8, 4) is 0 Å². The van der Waals surface area contributed by atoms with Gasteiger partial charge in [-0.25, -0.2) is 0 Å². The van der Waals surface area contributed by atoms with Crippen molar-refractivity contribution in [2.45, 2.75) is 6.18 Å². The fourth-order valence-electron chi connectivity index (χ4n) is 0.925. The lowest BCUT2D eigenvalue weighted by Crippen LogP contribution is -2.08. The van der Waals surface area contributed by atoms with Gasteiger partial charge in [0.05, 0.1) is 5.56 Å². The zero-order chi connectivity index (χ0) is 10.9. The molecule has 1 rings (SSSR count). The molecule has 1 aromatic carbocycles. The van der Waals surface area contributed by atoms with Crippen molar-refractivity contribution in [2.75, 3.05) is 5.73 Å². The first-order valence-electron chi connectivity index (χ1n) is 3.47. The highest BCUT2D eigenvalue weighted by molar-refractivity contribution is 9.10. The number of rotatable bonds is 1. The molecule has 6 heteroatoms. The van der Waals surface area contributed by atoms with Gasteiger partial charge < -0.3 is 5.73 Å². The largest absolute Gasteiger partial charge is 0.417 e. The Morgan fingerprint density at radius 2 is 1.93 bits per heavy atom. The van der Waals surface area contributed by atoms with E-state index in [0.29, 0.717) is 6.07 Å². The molecule has 0 saturated carbocycles. The molecule has 0 aliphatic heterocycles. The molecule has 0 aromatic heterocycles. The second-order valence-corrected chi connectivity index (χ2v) is 3.43. The highest BCUT2D eigenvalue weighted by Crippen LogP contribution is 2.36. The molecule has 0 radical (unpaired) electrons. The first kappa shape index (κ1) is 11.0. The normalized spacial score (nSPS) is 11.4. The maximum absolute atomic E-state index is 12.3. The molecule has 2 nitrogen and oxygen atoms in total. The zero-order valence-electron chi connectivity index (χ0n) is 6.73. The predicted molar refractivity (Wildman–Crippen MR) is 48.9 cm³/mol. The first-order chi connectivity index (χ1) is 6.36. The molecule has 0 fully saturated rings. The number of nitrogens with two attached hydrogens (primary N) is 1. The third kappa shape index (κ3) is 2.06. The highest BCUT2D eigenvalue weighted by Gasteiger charge is 2.33. The number of carbonyl (C=O) groups excluding carboxylic acids is 1. The van der Waals surface area contributed by atoms with Crippen LogP contribution >= 0.6 is 15.9 Å². The van der Waals surface area contributed by atoms with E-state index in [4.69, 9.17) is 5.73 Å². The van der Waals surface area contributed by atoms with Crippen LogP contribution < -0.4 is 5.73 Å². The standard InChI is InChI=1S/C8H5BrF3NO/c9-6-2-7(13)4(3-14)1-5(6)8(10,11)12/h1-3H,13H2. The van der Waals surface area contributed by atoms with E-state index in [1.54, 1.807) is 0 Å². The summed E-state index contributed by atoms with van der Waals surface area (Å²) in [5, 5.41) is 0. The third-order valence-corrected chi connectivity index (χ3v) is 2.26. The lowest BCUT2D eigenvalue weighted by molar-refractivity contribution is -0.138. The number of aldehydes is 1. The number of halogens is 4. The summed E-state index contributed by atoms with van der Waals surface area (Å²) in [6, 6.07) is 1.78. The number of hydrogen-bond acceptors (Lipinski definition) is 2. The fraction of sp³-hybridized carbons (Fsp3) is 0.125. The first-order valence-corrected chi connectivity index (χ1v) is 4.27. The summed E-state index contributed by atoms with van der Waals surface area (Å²) >= 11 is 2.73. The van der Waals surface area contributed by atoms with Crippen molar-refractivity contribution in [2.24, 2.45) is 0 Å². The van der Waals surface area contributed by atoms with Gasteiger partial charge >= 0.3 is 6.18 Å². The van der Waals surface area contributed by atoms with E-state index in [1.807, 2.05) is 0 Å². The Labute approximate surface area is 86.0 Å². The molecule has 0 bridgehead atoms. The van der Waals surface area contributed by atoms with Gasteiger partial charge in [-0.15, -0.1) is 0 Å². The molecule has 2 N–H and O–H groups in total. The molecule has 0 unspecified atom stereocenters. The summed E-state index contributed by atoms with van der Waals surface area (Å²) in [7, 11) is 0. The van der Waals surface area contributed by atoms with E-state index >= 15 is 0 Å². The lowest BCUT2D eigenvalue weighted by atomic mass is 10.1. The predicted octanol–water partition coefficient (Wildman–Crippen LogP) is 2.86. The van der Waals surface area contributed by atoms with Crippen LogP contribution in [0.15, 0.2) is 16.6 Å². The minimum absolute atomic E-state index is 0.0138. The van der Waals surface area contributed by atoms with Crippen LogP contribution in [0.25, 0.3) is 0 Å². The Hall–Kier alpha value is -1.04. The van der Waals surface area contributed by atoms with Gasteiger partial charge in [0.2, 0.25) is 0 Å². The van der Waals surface area contributed by atoms with Crippen molar-refractivity contribution >= 4 is 27.9 Å². The second kappa shape index (κ2) is 3.61. The summed E-state index contributed by atoms with van der Waals surface area (Å²) in [4.78, 5) is 10.4. The lowest BCUT2D eigenvalue weighted by Gasteiger charge is -2.10. The van der Waals surface area contributed by atoms with E-state index < -0.39 is 11.7 Å². The summed E-state index contributed by atoms with van der Waals surface area (Å²) in [6.07, 6.45) is -4.21. The average molecular weight is 268 g/mol. The number of hydrogen-bond donors (Lipinski definition) is 1. The van der Waals surface area contributed by atoms with E-state index in [1.165, 1.54) is 0 Å². The van der Waals surface area contributed by atoms with Crippen molar-refractivity contribution in [1.29, 1.82) is 0 Å². The molecule has 14 heavy (non-hydrogen) atoms. The molecule has 0 amide bonds. The van der Waals surface area contributed by atoms with Gasteiger partial charge in [0.25, 0.3) is 0 Å². The molecular formula is C8H5BrF3NO. The van der Waals surface area contributed by atoms with Gasteiger partial charge in [-0.1, -0.05) is 15.9 Å².